The van der Waals surface area contributed by atoms with Gasteiger partial charge in [-0.1, -0.05) is 31.4 Å². The van der Waals surface area contributed by atoms with Gasteiger partial charge in [0.15, 0.2) is 5.76 Å². The van der Waals surface area contributed by atoms with Crippen molar-refractivity contribution < 1.29 is 19.1 Å². The Morgan fingerprint density at radius 3 is 2.47 bits per heavy atom. The molecular weight excluding hydrogens is 408 g/mol. The molecule has 2 N–H and O–H groups in total. The fourth-order valence-corrected chi connectivity index (χ4v) is 4.57. The maximum Gasteiger partial charge on any atom is 0.227 e. The molecule has 1 aromatic carbocycles. The Balaban J connectivity index is 1.85. The molecule has 0 aliphatic heterocycles. The van der Waals surface area contributed by atoms with Crippen LogP contribution >= 0.6 is 0 Å². The van der Waals surface area contributed by atoms with Crippen LogP contribution in [0.4, 0.5) is 0 Å². The number of carbonyl (C=O) groups is 1. The Bertz CT molecular complexity index is 975. The van der Waals surface area contributed by atoms with Crippen LogP contribution in [0.2, 0.25) is 0 Å². The van der Waals surface area contributed by atoms with Crippen molar-refractivity contribution in [2.24, 2.45) is 0 Å². The van der Waals surface area contributed by atoms with Crippen LogP contribution in [0.15, 0.2) is 39.5 Å². The molecule has 1 aromatic heterocycles. The summed E-state index contributed by atoms with van der Waals surface area (Å²) in [6, 6.07) is 8.46. The summed E-state index contributed by atoms with van der Waals surface area (Å²) in [4.78, 5) is 27.5. The van der Waals surface area contributed by atoms with Crippen molar-refractivity contribution in [1.29, 1.82) is 0 Å². The van der Waals surface area contributed by atoms with Gasteiger partial charge in [-0.3, -0.25) is 9.59 Å². The summed E-state index contributed by atoms with van der Waals surface area (Å²) < 4.78 is 11.0. The molecule has 1 atom stereocenters. The molecule has 0 radical (unpaired) electrons. The number of likely N-dealkylation sites (N-methyl/N-ethyl adjacent to an activating group) is 1. The number of aromatic hydroxyl groups is 1. The number of nitrogens with one attached hydrogen (secondary N) is 1. The molecule has 1 amide bonds. The van der Waals surface area contributed by atoms with Crippen molar-refractivity contribution in [2.75, 3.05) is 27.7 Å². The summed E-state index contributed by atoms with van der Waals surface area (Å²) in [5.74, 6) is -0.0412. The van der Waals surface area contributed by atoms with Gasteiger partial charge in [-0.05, 0) is 51.6 Å². The first-order valence-corrected chi connectivity index (χ1v) is 11.2. The quantitative estimate of drug-likeness (QED) is 0.649. The van der Waals surface area contributed by atoms with Crippen LogP contribution in [0.5, 0.6) is 11.5 Å². The van der Waals surface area contributed by atoms with Gasteiger partial charge in [-0.25, -0.2) is 0 Å². The maximum atomic E-state index is 13.1. The summed E-state index contributed by atoms with van der Waals surface area (Å²) >= 11 is 0. The number of hydrogen-bond acceptors (Lipinski definition) is 6. The van der Waals surface area contributed by atoms with Crippen LogP contribution < -0.4 is 15.5 Å². The first-order valence-electron chi connectivity index (χ1n) is 11.2. The lowest BCUT2D eigenvalue weighted by Gasteiger charge is -2.43. The standard InChI is InChI=1S/C25H34N2O5/c1-17-14-21(28)23(30)24(32-17)20(18-8-10-19(31-4)11-9-18)15-22(29)26-16-25(27(2)3)12-6-5-7-13-25/h8-11,14,20,30H,5-7,12-13,15-16H2,1-4H3,(H,26,29). The van der Waals surface area contributed by atoms with Gasteiger partial charge >= 0.3 is 0 Å². The van der Waals surface area contributed by atoms with Crippen molar-refractivity contribution in [3.05, 3.63) is 57.6 Å². The van der Waals surface area contributed by atoms with E-state index in [1.54, 1.807) is 26.2 Å². The number of hydrogen-bond donors (Lipinski definition) is 2. The van der Waals surface area contributed by atoms with Gasteiger partial charge in [0.1, 0.15) is 11.5 Å². The molecule has 174 valence electrons. The zero-order valence-electron chi connectivity index (χ0n) is 19.4. The Morgan fingerprint density at radius 2 is 1.88 bits per heavy atom. The highest BCUT2D eigenvalue weighted by molar-refractivity contribution is 5.77. The molecule has 1 heterocycles. The van der Waals surface area contributed by atoms with Crippen LogP contribution in [-0.4, -0.2) is 49.2 Å². The van der Waals surface area contributed by atoms with Crippen LogP contribution in [0.25, 0.3) is 0 Å². The van der Waals surface area contributed by atoms with Gasteiger partial charge in [0.05, 0.1) is 13.0 Å². The number of nitrogens with zero attached hydrogens (tertiary/aromatic N) is 1. The van der Waals surface area contributed by atoms with Crippen molar-refractivity contribution in [3.8, 4) is 11.5 Å². The molecule has 0 saturated heterocycles. The van der Waals surface area contributed by atoms with E-state index in [-0.39, 0.29) is 23.6 Å². The highest BCUT2D eigenvalue weighted by Gasteiger charge is 2.35. The smallest absolute Gasteiger partial charge is 0.227 e. The van der Waals surface area contributed by atoms with Gasteiger partial charge in [-0.15, -0.1) is 0 Å². The number of aryl methyl sites for hydroxylation is 1. The molecule has 1 fully saturated rings. The second-order valence-corrected chi connectivity index (χ2v) is 8.92. The van der Waals surface area contributed by atoms with Crippen LogP contribution in [-0.2, 0) is 4.79 Å². The van der Waals surface area contributed by atoms with E-state index < -0.39 is 17.1 Å². The van der Waals surface area contributed by atoms with Gasteiger partial charge < -0.3 is 24.5 Å². The fraction of sp³-hybridized carbons (Fsp3) is 0.520. The minimum absolute atomic E-state index is 0.0401. The topological polar surface area (TPSA) is 92.0 Å². The third kappa shape index (κ3) is 5.33. The van der Waals surface area contributed by atoms with Gasteiger partial charge in [0, 0.05) is 24.6 Å². The zero-order valence-corrected chi connectivity index (χ0v) is 19.4. The maximum absolute atomic E-state index is 13.1. The fourth-order valence-electron chi connectivity index (χ4n) is 4.57. The van der Waals surface area contributed by atoms with E-state index in [4.69, 9.17) is 9.15 Å². The van der Waals surface area contributed by atoms with Crippen molar-refractivity contribution in [3.63, 3.8) is 0 Å². The average molecular weight is 443 g/mol. The van der Waals surface area contributed by atoms with Crippen molar-refractivity contribution in [1.82, 2.24) is 10.2 Å². The van der Waals surface area contributed by atoms with E-state index in [9.17, 15) is 14.7 Å². The predicted molar refractivity (Wildman–Crippen MR) is 123 cm³/mol. The molecular formula is C25H34N2O5. The molecule has 0 spiro atoms. The van der Waals surface area contributed by atoms with E-state index in [1.807, 2.05) is 12.1 Å². The Kier molecular flexibility index (Phi) is 7.61. The molecule has 32 heavy (non-hydrogen) atoms. The first kappa shape index (κ1) is 23.9. The third-order valence-corrected chi connectivity index (χ3v) is 6.64. The second kappa shape index (κ2) is 10.2. The lowest BCUT2D eigenvalue weighted by Crippen LogP contribution is -2.53. The lowest BCUT2D eigenvalue weighted by atomic mass is 9.80. The molecule has 1 saturated carbocycles. The predicted octanol–water partition coefficient (Wildman–Crippen LogP) is 3.57. The molecule has 7 heteroatoms. The number of amides is 1. The third-order valence-electron chi connectivity index (χ3n) is 6.64. The highest BCUT2D eigenvalue weighted by Crippen LogP contribution is 2.35. The highest BCUT2D eigenvalue weighted by atomic mass is 16.5. The number of rotatable bonds is 8. The summed E-state index contributed by atoms with van der Waals surface area (Å²) in [5.41, 5.74) is 0.197. The Labute approximate surface area is 189 Å². The molecule has 1 aliphatic rings. The normalized spacial score (nSPS) is 16.5. The minimum atomic E-state index is -0.602. The molecule has 2 aromatic rings. The van der Waals surface area contributed by atoms with Crippen molar-refractivity contribution >= 4 is 5.91 Å². The largest absolute Gasteiger partial charge is 0.502 e. The minimum Gasteiger partial charge on any atom is -0.502 e. The molecule has 7 nitrogen and oxygen atoms in total. The number of methoxy groups -OCH3 is 1. The summed E-state index contributed by atoms with van der Waals surface area (Å²) in [5, 5.41) is 13.6. The van der Waals surface area contributed by atoms with Crippen LogP contribution in [0.1, 0.15) is 61.5 Å². The second-order valence-electron chi connectivity index (χ2n) is 8.92. The van der Waals surface area contributed by atoms with Gasteiger partial charge in [0.25, 0.3) is 0 Å². The summed E-state index contributed by atoms with van der Waals surface area (Å²) in [6.07, 6.45) is 5.70. The zero-order chi connectivity index (χ0) is 23.3. The van der Waals surface area contributed by atoms with Gasteiger partial charge in [-0.2, -0.15) is 0 Å². The van der Waals surface area contributed by atoms with E-state index in [2.05, 4.69) is 24.3 Å². The average Bonchev–Trinajstić information content (AvgIpc) is 2.79. The van der Waals surface area contributed by atoms with Gasteiger partial charge in [0.2, 0.25) is 17.1 Å². The number of ether oxygens (including phenoxy) is 1. The lowest BCUT2D eigenvalue weighted by molar-refractivity contribution is -0.122. The molecule has 0 bridgehead atoms. The van der Waals surface area contributed by atoms with Crippen LogP contribution in [0.3, 0.4) is 0 Å². The number of carbonyl (C=O) groups excluding carboxylic acids is 1. The monoisotopic (exact) mass is 442 g/mol. The SMILES string of the molecule is COc1ccc(C(CC(=O)NCC2(N(C)C)CCCCC2)c2oc(C)cc(=O)c2O)cc1. The van der Waals surface area contributed by atoms with E-state index in [0.29, 0.717) is 18.1 Å². The molecule has 1 aliphatic carbocycles. The van der Waals surface area contributed by atoms with E-state index in [0.717, 1.165) is 31.2 Å². The number of benzene rings is 1. The van der Waals surface area contributed by atoms with E-state index in [1.165, 1.54) is 12.5 Å². The van der Waals surface area contributed by atoms with E-state index >= 15 is 0 Å². The molecule has 1 unspecified atom stereocenters. The molecule has 3 rings (SSSR count). The summed E-state index contributed by atoms with van der Waals surface area (Å²) in [7, 11) is 5.71. The van der Waals surface area contributed by atoms with Crippen LogP contribution in [0, 0.1) is 6.92 Å². The first-order chi connectivity index (χ1) is 15.3. The Hall–Kier alpha value is -2.80. The summed E-state index contributed by atoms with van der Waals surface area (Å²) in [6.45, 7) is 2.22. The van der Waals surface area contributed by atoms with Crippen molar-refractivity contribution in [2.45, 2.75) is 56.9 Å². The Morgan fingerprint density at radius 1 is 1.22 bits per heavy atom.